The van der Waals surface area contributed by atoms with Crippen molar-refractivity contribution in [3.05, 3.63) is 48.7 Å². The van der Waals surface area contributed by atoms with Gasteiger partial charge >= 0.3 is 0 Å². The highest BCUT2D eigenvalue weighted by atomic mass is 32.2. The second kappa shape index (κ2) is 11.1. The summed E-state index contributed by atoms with van der Waals surface area (Å²) in [4.78, 5) is 0.329. The molecule has 0 bridgehead atoms. The maximum absolute atomic E-state index is 13.2. The molecule has 1 aromatic heterocycles. The highest BCUT2D eigenvalue weighted by Gasteiger charge is 2.44. The summed E-state index contributed by atoms with van der Waals surface area (Å²) in [5.41, 5.74) is 0.290. The number of fused-ring (bicyclic) bond motifs is 1. The van der Waals surface area contributed by atoms with Crippen LogP contribution in [0.15, 0.2) is 58.5 Å². The van der Waals surface area contributed by atoms with Crippen LogP contribution in [0.4, 0.5) is 0 Å². The molecule has 14 heteroatoms. The molecule has 2 aliphatic heterocycles. The topological polar surface area (TPSA) is 163 Å². The summed E-state index contributed by atoms with van der Waals surface area (Å²) in [6.45, 7) is 1.48. The molecule has 0 amide bonds. The summed E-state index contributed by atoms with van der Waals surface area (Å²) in [6, 6.07) is 11.1. The molecule has 2 atom stereocenters. The summed E-state index contributed by atoms with van der Waals surface area (Å²) in [5, 5.41) is 21.3. The van der Waals surface area contributed by atoms with Crippen LogP contribution < -0.4 is 14.8 Å². The Labute approximate surface area is 227 Å². The molecule has 2 aromatic carbocycles. The third kappa shape index (κ3) is 6.11. The van der Waals surface area contributed by atoms with Gasteiger partial charge in [0.05, 0.1) is 33.7 Å². The lowest BCUT2D eigenvalue weighted by Gasteiger charge is -2.38. The van der Waals surface area contributed by atoms with Crippen molar-refractivity contribution in [2.75, 3.05) is 39.9 Å². The summed E-state index contributed by atoms with van der Waals surface area (Å²) in [6.07, 6.45) is 2.75. The Balaban J connectivity index is 1.08. The first-order chi connectivity index (χ1) is 18.6. The number of ether oxygens (including phenoxy) is 2. The number of H-pyrrole nitrogens is 1. The van der Waals surface area contributed by atoms with E-state index in [-0.39, 0.29) is 29.0 Å². The number of rotatable bonds is 10. The van der Waals surface area contributed by atoms with Gasteiger partial charge in [-0.2, -0.15) is 9.40 Å². The molecule has 3 aromatic rings. The average molecular weight is 580 g/mol. The van der Waals surface area contributed by atoms with Crippen LogP contribution in [0.5, 0.6) is 5.75 Å². The van der Waals surface area contributed by atoms with E-state index in [9.17, 15) is 21.9 Å². The van der Waals surface area contributed by atoms with Gasteiger partial charge in [-0.1, -0.05) is 6.07 Å². The Morgan fingerprint density at radius 1 is 1.18 bits per heavy atom. The van der Waals surface area contributed by atoms with Crippen molar-refractivity contribution in [2.24, 2.45) is 0 Å². The first-order valence-electron chi connectivity index (χ1n) is 12.8. The highest BCUT2D eigenvalue weighted by Crippen LogP contribution is 2.37. The van der Waals surface area contributed by atoms with Crippen LogP contribution in [0.1, 0.15) is 19.3 Å². The highest BCUT2D eigenvalue weighted by molar-refractivity contribution is 7.89. The summed E-state index contributed by atoms with van der Waals surface area (Å²) in [5.74, 6) is 0.347. The molecule has 1 unspecified atom stereocenters. The van der Waals surface area contributed by atoms with Crippen molar-refractivity contribution in [3.63, 3.8) is 0 Å². The monoisotopic (exact) mass is 579 g/mol. The third-order valence-electron chi connectivity index (χ3n) is 7.36. The molecule has 0 radical (unpaired) electrons. The van der Waals surface area contributed by atoms with Crippen LogP contribution in [0.25, 0.3) is 10.9 Å². The quantitative estimate of drug-likeness (QED) is 0.272. The number of aliphatic hydroxyl groups is 1. The number of nitrogens with zero attached hydrogens (tertiary/aromatic N) is 2. The van der Waals surface area contributed by atoms with E-state index in [4.69, 9.17) is 9.47 Å². The molecule has 1 spiro atoms. The zero-order valence-electron chi connectivity index (χ0n) is 21.5. The molecule has 3 heterocycles. The molecule has 0 aliphatic carbocycles. The molecule has 212 valence electrons. The van der Waals surface area contributed by atoms with Gasteiger partial charge in [-0.25, -0.2) is 21.6 Å². The first-order valence-corrected chi connectivity index (χ1v) is 15.7. The molecule has 2 fully saturated rings. The number of hydrogen-bond donors (Lipinski definition) is 4. The van der Waals surface area contributed by atoms with E-state index >= 15 is 0 Å². The fourth-order valence-electron chi connectivity index (χ4n) is 5.09. The van der Waals surface area contributed by atoms with Gasteiger partial charge in [-0.15, -0.1) is 0 Å². The average Bonchev–Trinajstić information content (AvgIpc) is 3.58. The second-order valence-electron chi connectivity index (χ2n) is 9.97. The van der Waals surface area contributed by atoms with Crippen molar-refractivity contribution >= 4 is 30.9 Å². The van der Waals surface area contributed by atoms with Crippen LogP contribution >= 0.6 is 0 Å². The van der Waals surface area contributed by atoms with Crippen LogP contribution in [0.3, 0.4) is 0 Å². The number of aromatic amines is 1. The molecule has 5 rings (SSSR count). The molecule has 12 nitrogen and oxygen atoms in total. The Morgan fingerprint density at radius 2 is 1.97 bits per heavy atom. The van der Waals surface area contributed by atoms with Gasteiger partial charge in [0, 0.05) is 37.1 Å². The van der Waals surface area contributed by atoms with E-state index in [1.165, 1.54) is 23.5 Å². The standard InChI is InChI=1S/C25H33N5O7S2/c1-26-38(32,33)22-4-2-3-21(11-22)36-17-20(31)15-27-19-13-25(37-16-19)7-9-30(10-8-25)39(34,35)23-6-5-18-14-28-29-24(18)12-23/h2-6,11-12,14,19-20,26-27,31H,7-10,13,15-17H2,1H3,(H,28,29)/t19?,20-/m0/s1. The first kappa shape index (κ1) is 28.0. The Kier molecular flexibility index (Phi) is 7.97. The van der Waals surface area contributed by atoms with Crippen LogP contribution in [-0.2, 0) is 24.8 Å². The van der Waals surface area contributed by atoms with Crippen LogP contribution in [0, 0.1) is 0 Å². The Morgan fingerprint density at radius 3 is 2.74 bits per heavy atom. The minimum Gasteiger partial charge on any atom is -0.491 e. The minimum atomic E-state index is -3.62. The predicted molar refractivity (Wildman–Crippen MR) is 143 cm³/mol. The number of aromatic nitrogens is 2. The van der Waals surface area contributed by atoms with Crippen LogP contribution in [-0.4, -0.2) is 94.1 Å². The zero-order valence-corrected chi connectivity index (χ0v) is 23.2. The molecule has 0 saturated carbocycles. The summed E-state index contributed by atoms with van der Waals surface area (Å²) >= 11 is 0. The fraction of sp³-hybridized carbons (Fsp3) is 0.480. The lowest BCUT2D eigenvalue weighted by Crippen LogP contribution is -2.47. The Bertz CT molecular complexity index is 1520. The van der Waals surface area contributed by atoms with E-state index < -0.39 is 31.8 Å². The maximum atomic E-state index is 13.2. The fourth-order valence-corrected chi connectivity index (χ4v) is 7.32. The zero-order chi connectivity index (χ0) is 27.7. The van der Waals surface area contributed by atoms with Crippen molar-refractivity contribution in [1.82, 2.24) is 24.5 Å². The number of aliphatic hydroxyl groups excluding tert-OH is 1. The van der Waals surface area contributed by atoms with E-state index in [1.807, 2.05) is 0 Å². The molecular formula is C25H33N5O7S2. The van der Waals surface area contributed by atoms with Crippen molar-refractivity contribution in [3.8, 4) is 5.75 Å². The molecule has 2 saturated heterocycles. The summed E-state index contributed by atoms with van der Waals surface area (Å²) < 4.78 is 65.9. The summed E-state index contributed by atoms with van der Waals surface area (Å²) in [7, 11) is -5.87. The maximum Gasteiger partial charge on any atom is 0.243 e. The van der Waals surface area contributed by atoms with Crippen LogP contribution in [0.2, 0.25) is 0 Å². The van der Waals surface area contributed by atoms with Gasteiger partial charge in [0.15, 0.2) is 0 Å². The predicted octanol–water partition coefficient (Wildman–Crippen LogP) is 0.813. The van der Waals surface area contributed by atoms with Crippen molar-refractivity contribution in [2.45, 2.75) is 46.8 Å². The number of hydrogen-bond acceptors (Lipinski definition) is 9. The Hall–Kier alpha value is -2.59. The smallest absolute Gasteiger partial charge is 0.243 e. The van der Waals surface area contributed by atoms with E-state index in [0.29, 0.717) is 43.8 Å². The lowest BCUT2D eigenvalue weighted by molar-refractivity contribution is -0.0312. The van der Waals surface area contributed by atoms with Gasteiger partial charge in [0.25, 0.3) is 0 Å². The molecular weight excluding hydrogens is 546 g/mol. The van der Waals surface area contributed by atoms with Gasteiger partial charge in [-0.3, -0.25) is 5.10 Å². The largest absolute Gasteiger partial charge is 0.491 e. The lowest BCUT2D eigenvalue weighted by atomic mass is 9.88. The van der Waals surface area contributed by atoms with E-state index in [1.54, 1.807) is 36.5 Å². The van der Waals surface area contributed by atoms with E-state index in [2.05, 4.69) is 20.2 Å². The normalized spacial score (nSPS) is 20.9. The number of sulfonamides is 2. The molecule has 39 heavy (non-hydrogen) atoms. The third-order valence-corrected chi connectivity index (χ3v) is 10.7. The van der Waals surface area contributed by atoms with Gasteiger partial charge in [-0.05, 0) is 56.6 Å². The van der Waals surface area contributed by atoms with Crippen molar-refractivity contribution in [1.29, 1.82) is 0 Å². The second-order valence-corrected chi connectivity index (χ2v) is 13.8. The number of nitrogens with one attached hydrogen (secondary N) is 3. The van der Waals surface area contributed by atoms with Gasteiger partial charge in [0.1, 0.15) is 18.5 Å². The van der Waals surface area contributed by atoms with Gasteiger partial charge in [0.2, 0.25) is 20.0 Å². The molecule has 4 N–H and O–H groups in total. The molecule has 2 aliphatic rings. The number of piperidine rings is 1. The van der Waals surface area contributed by atoms with E-state index in [0.717, 1.165) is 11.8 Å². The van der Waals surface area contributed by atoms with Crippen molar-refractivity contribution < 1.29 is 31.4 Å². The minimum absolute atomic E-state index is 0.00800. The number of benzene rings is 2. The van der Waals surface area contributed by atoms with Gasteiger partial charge < -0.3 is 19.9 Å². The SMILES string of the molecule is CNS(=O)(=O)c1cccc(OC[C@@H](O)CNC2COC3(CCN(S(=O)(=O)c4ccc5cn[nH]c5c4)CC3)C2)c1.